The highest BCUT2D eigenvalue weighted by molar-refractivity contribution is 5.99. The maximum absolute atomic E-state index is 12.5. The third kappa shape index (κ3) is 3.12. The molecule has 1 aromatic carbocycles. The van der Waals surface area contributed by atoms with E-state index < -0.39 is 11.7 Å². The molecule has 100 valence electrons. The molecule has 1 unspecified atom stereocenters. The number of hydrogen-bond donors (Lipinski definition) is 0. The molecule has 1 rings (SSSR count). The van der Waals surface area contributed by atoms with Crippen molar-refractivity contribution < 1.29 is 18.0 Å². The highest BCUT2D eigenvalue weighted by Gasteiger charge is 2.31. The Morgan fingerprint density at radius 3 is 2.11 bits per heavy atom. The Labute approximate surface area is 105 Å². The SMILES string of the molecule is Cc1cc(C(F)(F)F)ccc1C(=O)C(C)C(C)C. The number of hydrogen-bond acceptors (Lipinski definition) is 1. The second-order valence-corrected chi connectivity index (χ2v) is 4.92. The number of aryl methyl sites for hydroxylation is 1. The number of halogens is 3. The van der Waals surface area contributed by atoms with Crippen molar-refractivity contribution in [3.63, 3.8) is 0 Å². The first-order valence-corrected chi connectivity index (χ1v) is 5.86. The fourth-order valence-corrected chi connectivity index (χ4v) is 1.66. The number of carbonyl (C=O) groups excluding carboxylic acids is 1. The van der Waals surface area contributed by atoms with E-state index in [0.29, 0.717) is 11.1 Å². The monoisotopic (exact) mass is 258 g/mol. The first-order chi connectivity index (χ1) is 8.14. The average molecular weight is 258 g/mol. The van der Waals surface area contributed by atoms with Gasteiger partial charge in [-0.25, -0.2) is 0 Å². The van der Waals surface area contributed by atoms with E-state index in [0.717, 1.165) is 12.1 Å². The van der Waals surface area contributed by atoms with E-state index in [9.17, 15) is 18.0 Å². The van der Waals surface area contributed by atoms with Crippen LogP contribution < -0.4 is 0 Å². The summed E-state index contributed by atoms with van der Waals surface area (Å²) in [5.41, 5.74) is 0.0419. The van der Waals surface area contributed by atoms with Gasteiger partial charge in [-0.2, -0.15) is 13.2 Å². The Bertz CT molecular complexity index is 447. The van der Waals surface area contributed by atoms with E-state index in [-0.39, 0.29) is 17.6 Å². The second-order valence-electron chi connectivity index (χ2n) is 4.92. The summed E-state index contributed by atoms with van der Waals surface area (Å²) in [7, 11) is 0. The highest BCUT2D eigenvalue weighted by atomic mass is 19.4. The van der Waals surface area contributed by atoms with Gasteiger partial charge in [-0.05, 0) is 30.5 Å². The lowest BCUT2D eigenvalue weighted by molar-refractivity contribution is -0.137. The summed E-state index contributed by atoms with van der Waals surface area (Å²) >= 11 is 0. The molecule has 0 aliphatic carbocycles. The number of ketones is 1. The van der Waals surface area contributed by atoms with Crippen molar-refractivity contribution in [1.29, 1.82) is 0 Å². The summed E-state index contributed by atoms with van der Waals surface area (Å²) in [5, 5.41) is 0. The maximum Gasteiger partial charge on any atom is 0.416 e. The Balaban J connectivity index is 3.11. The number of benzene rings is 1. The summed E-state index contributed by atoms with van der Waals surface area (Å²) in [6.07, 6.45) is -4.37. The maximum atomic E-state index is 12.5. The second kappa shape index (κ2) is 5.12. The zero-order valence-electron chi connectivity index (χ0n) is 10.9. The third-order valence-corrected chi connectivity index (χ3v) is 3.23. The van der Waals surface area contributed by atoms with E-state index in [2.05, 4.69) is 0 Å². The number of alkyl halides is 3. The van der Waals surface area contributed by atoms with Crippen LogP contribution >= 0.6 is 0 Å². The van der Waals surface area contributed by atoms with Gasteiger partial charge >= 0.3 is 6.18 Å². The van der Waals surface area contributed by atoms with Crippen molar-refractivity contribution in [2.45, 2.75) is 33.9 Å². The molecule has 1 nitrogen and oxygen atoms in total. The first kappa shape index (κ1) is 14.7. The van der Waals surface area contributed by atoms with Gasteiger partial charge in [0.25, 0.3) is 0 Å². The Hall–Kier alpha value is -1.32. The first-order valence-electron chi connectivity index (χ1n) is 5.86. The zero-order chi connectivity index (χ0) is 14.1. The molecule has 0 spiro atoms. The Kier molecular flexibility index (Phi) is 4.20. The van der Waals surface area contributed by atoms with Crippen LogP contribution in [-0.4, -0.2) is 5.78 Å². The molecule has 0 heterocycles. The van der Waals surface area contributed by atoms with Crippen LogP contribution in [0.5, 0.6) is 0 Å². The van der Waals surface area contributed by atoms with Crippen LogP contribution in [0.25, 0.3) is 0 Å². The van der Waals surface area contributed by atoms with Gasteiger partial charge in [0.1, 0.15) is 0 Å². The largest absolute Gasteiger partial charge is 0.416 e. The molecule has 0 aliphatic rings. The van der Waals surface area contributed by atoms with Gasteiger partial charge in [0, 0.05) is 11.5 Å². The van der Waals surface area contributed by atoms with Gasteiger partial charge in [0.05, 0.1) is 5.56 Å². The highest BCUT2D eigenvalue weighted by Crippen LogP contribution is 2.31. The van der Waals surface area contributed by atoms with Gasteiger partial charge in [-0.1, -0.05) is 26.8 Å². The Morgan fingerprint density at radius 1 is 1.17 bits per heavy atom. The summed E-state index contributed by atoms with van der Waals surface area (Å²) in [4.78, 5) is 12.1. The van der Waals surface area contributed by atoms with Crippen molar-refractivity contribution in [1.82, 2.24) is 0 Å². The standard InChI is InChI=1S/C14H17F3O/c1-8(2)10(4)13(18)12-6-5-11(7-9(12)3)14(15,16)17/h5-8,10H,1-4H3. The van der Waals surface area contributed by atoms with Crippen molar-refractivity contribution in [2.75, 3.05) is 0 Å². The quantitative estimate of drug-likeness (QED) is 0.730. The molecule has 0 bridgehead atoms. The minimum atomic E-state index is -4.37. The van der Waals surface area contributed by atoms with E-state index in [1.165, 1.54) is 13.0 Å². The third-order valence-electron chi connectivity index (χ3n) is 3.23. The van der Waals surface area contributed by atoms with Crippen LogP contribution in [-0.2, 0) is 6.18 Å². The van der Waals surface area contributed by atoms with E-state index in [4.69, 9.17) is 0 Å². The van der Waals surface area contributed by atoms with Crippen molar-refractivity contribution >= 4 is 5.78 Å². The predicted octanol–water partition coefficient (Wildman–Crippen LogP) is 4.49. The van der Waals surface area contributed by atoms with Crippen LogP contribution in [0, 0.1) is 18.8 Å². The van der Waals surface area contributed by atoms with E-state index in [1.807, 2.05) is 13.8 Å². The van der Waals surface area contributed by atoms with Gasteiger partial charge in [0.15, 0.2) is 5.78 Å². The molecule has 0 saturated heterocycles. The fraction of sp³-hybridized carbons (Fsp3) is 0.500. The van der Waals surface area contributed by atoms with Crippen LogP contribution in [0.2, 0.25) is 0 Å². The molecule has 18 heavy (non-hydrogen) atoms. The lowest BCUT2D eigenvalue weighted by atomic mass is 9.87. The van der Waals surface area contributed by atoms with Crippen molar-refractivity contribution in [3.05, 3.63) is 34.9 Å². The molecule has 1 aromatic rings. The average Bonchev–Trinajstić information content (AvgIpc) is 2.25. The Morgan fingerprint density at radius 2 is 1.72 bits per heavy atom. The van der Waals surface area contributed by atoms with E-state index >= 15 is 0 Å². The number of rotatable bonds is 3. The molecule has 0 fully saturated rings. The van der Waals surface area contributed by atoms with Crippen molar-refractivity contribution in [3.8, 4) is 0 Å². The normalized spacial score (nSPS) is 13.8. The van der Waals surface area contributed by atoms with Crippen molar-refractivity contribution in [2.24, 2.45) is 11.8 Å². The fourth-order valence-electron chi connectivity index (χ4n) is 1.66. The van der Waals surface area contributed by atoms with Gasteiger partial charge in [-0.15, -0.1) is 0 Å². The molecule has 0 aliphatic heterocycles. The minimum absolute atomic E-state index is 0.101. The predicted molar refractivity (Wildman–Crippen MR) is 64.5 cm³/mol. The molecule has 0 N–H and O–H groups in total. The van der Waals surface area contributed by atoms with Gasteiger partial charge in [0.2, 0.25) is 0 Å². The van der Waals surface area contributed by atoms with Crippen LogP contribution in [0.15, 0.2) is 18.2 Å². The summed E-state index contributed by atoms with van der Waals surface area (Å²) in [5.74, 6) is -0.129. The van der Waals surface area contributed by atoms with Gasteiger partial charge < -0.3 is 0 Å². The van der Waals surface area contributed by atoms with Crippen LogP contribution in [0.4, 0.5) is 13.2 Å². The summed E-state index contributed by atoms with van der Waals surface area (Å²) < 4.78 is 37.5. The molecule has 4 heteroatoms. The lowest BCUT2D eigenvalue weighted by Crippen LogP contribution is -2.18. The molecule has 0 amide bonds. The molecular weight excluding hydrogens is 241 g/mol. The zero-order valence-corrected chi connectivity index (χ0v) is 10.9. The molecule has 0 aromatic heterocycles. The molecule has 1 atom stereocenters. The number of Topliss-reactive ketones (excluding diaryl/α,β-unsaturated/α-hetero) is 1. The lowest BCUT2D eigenvalue weighted by Gasteiger charge is -2.16. The minimum Gasteiger partial charge on any atom is -0.294 e. The summed E-state index contributed by atoms with van der Waals surface area (Å²) in [6, 6.07) is 3.27. The van der Waals surface area contributed by atoms with E-state index in [1.54, 1.807) is 6.92 Å². The smallest absolute Gasteiger partial charge is 0.294 e. The summed E-state index contributed by atoms with van der Waals surface area (Å²) in [6.45, 7) is 7.17. The molecule has 0 saturated carbocycles. The van der Waals surface area contributed by atoms with Crippen LogP contribution in [0.1, 0.15) is 42.3 Å². The van der Waals surface area contributed by atoms with Crippen LogP contribution in [0.3, 0.4) is 0 Å². The number of carbonyl (C=O) groups is 1. The topological polar surface area (TPSA) is 17.1 Å². The molecule has 0 radical (unpaired) electrons. The molecular formula is C14H17F3O. The van der Waals surface area contributed by atoms with Gasteiger partial charge in [-0.3, -0.25) is 4.79 Å².